The van der Waals surface area contributed by atoms with Gasteiger partial charge in [-0.15, -0.1) is 10.2 Å². The first kappa shape index (κ1) is 21.7. The molecule has 0 unspecified atom stereocenters. The second kappa shape index (κ2) is 8.90. The van der Waals surface area contributed by atoms with Crippen LogP contribution < -0.4 is 10.2 Å². The SMILES string of the molecule is Cc1cc(C)c(-c2ccc(N3CCN(C(=O)Nc4ccc(F)c(F)c4)CC3)nn2)cc1C. The second-order valence-electron chi connectivity index (χ2n) is 8.06. The molecule has 0 spiro atoms. The molecule has 1 aromatic heterocycles. The summed E-state index contributed by atoms with van der Waals surface area (Å²) in [5, 5.41) is 11.4. The molecule has 1 aliphatic heterocycles. The molecule has 0 radical (unpaired) electrons. The van der Waals surface area contributed by atoms with E-state index in [2.05, 4.69) is 53.3 Å². The summed E-state index contributed by atoms with van der Waals surface area (Å²) in [5.74, 6) is -1.18. The van der Waals surface area contributed by atoms with Crippen molar-refractivity contribution in [2.45, 2.75) is 20.8 Å². The summed E-state index contributed by atoms with van der Waals surface area (Å²) in [5.41, 5.74) is 5.76. The van der Waals surface area contributed by atoms with Crippen LogP contribution in [-0.4, -0.2) is 47.3 Å². The van der Waals surface area contributed by atoms with Crippen molar-refractivity contribution in [1.82, 2.24) is 15.1 Å². The van der Waals surface area contributed by atoms with Gasteiger partial charge in [0.05, 0.1) is 5.69 Å². The Morgan fingerprint density at radius 2 is 1.56 bits per heavy atom. The normalized spacial score (nSPS) is 13.9. The summed E-state index contributed by atoms with van der Waals surface area (Å²) < 4.78 is 26.4. The van der Waals surface area contributed by atoms with Gasteiger partial charge in [0.2, 0.25) is 0 Å². The van der Waals surface area contributed by atoms with Crippen LogP contribution in [0.3, 0.4) is 0 Å². The van der Waals surface area contributed by atoms with E-state index in [-0.39, 0.29) is 11.7 Å². The minimum atomic E-state index is -0.995. The summed E-state index contributed by atoms with van der Waals surface area (Å²) in [6.45, 7) is 8.41. The van der Waals surface area contributed by atoms with Crippen molar-refractivity contribution in [3.8, 4) is 11.3 Å². The molecule has 6 nitrogen and oxygen atoms in total. The number of nitrogens with zero attached hydrogens (tertiary/aromatic N) is 4. The van der Waals surface area contributed by atoms with E-state index in [1.54, 1.807) is 4.90 Å². The Morgan fingerprint density at radius 1 is 0.844 bits per heavy atom. The van der Waals surface area contributed by atoms with E-state index in [1.807, 2.05) is 12.1 Å². The second-order valence-corrected chi connectivity index (χ2v) is 8.06. The minimum Gasteiger partial charge on any atom is -0.352 e. The number of anilines is 2. The van der Waals surface area contributed by atoms with Crippen LogP contribution in [0.4, 0.5) is 25.1 Å². The number of hydrogen-bond donors (Lipinski definition) is 1. The zero-order valence-corrected chi connectivity index (χ0v) is 18.3. The van der Waals surface area contributed by atoms with Crippen LogP contribution in [0.15, 0.2) is 42.5 Å². The monoisotopic (exact) mass is 437 g/mol. The molecule has 0 saturated carbocycles. The number of rotatable bonds is 3. The molecule has 2 heterocycles. The maximum absolute atomic E-state index is 13.3. The van der Waals surface area contributed by atoms with E-state index in [1.165, 1.54) is 17.2 Å². The summed E-state index contributed by atoms with van der Waals surface area (Å²) in [7, 11) is 0. The van der Waals surface area contributed by atoms with Gasteiger partial charge < -0.3 is 15.1 Å². The van der Waals surface area contributed by atoms with Crippen LogP contribution in [-0.2, 0) is 0 Å². The third-order valence-electron chi connectivity index (χ3n) is 5.83. The maximum atomic E-state index is 13.3. The van der Waals surface area contributed by atoms with Gasteiger partial charge in [-0.2, -0.15) is 0 Å². The number of halogens is 2. The summed E-state index contributed by atoms with van der Waals surface area (Å²) in [6, 6.07) is 11.2. The lowest BCUT2D eigenvalue weighted by molar-refractivity contribution is 0.208. The highest BCUT2D eigenvalue weighted by Gasteiger charge is 2.22. The molecule has 8 heteroatoms. The Hall–Kier alpha value is -3.55. The number of urea groups is 1. The van der Waals surface area contributed by atoms with Gasteiger partial charge in [-0.3, -0.25) is 0 Å². The zero-order chi connectivity index (χ0) is 22.8. The van der Waals surface area contributed by atoms with Crippen molar-refractivity contribution < 1.29 is 13.6 Å². The standard InChI is InChI=1S/C24H25F2N5O/c1-15-12-17(3)19(13-16(15)2)22-6-7-23(29-28-22)30-8-10-31(11-9-30)24(32)27-18-4-5-20(25)21(26)14-18/h4-7,12-14H,8-11H2,1-3H3,(H,27,32). The maximum Gasteiger partial charge on any atom is 0.321 e. The van der Waals surface area contributed by atoms with E-state index in [4.69, 9.17) is 0 Å². The number of carbonyl (C=O) groups is 1. The molecule has 2 amide bonds. The molecule has 32 heavy (non-hydrogen) atoms. The predicted octanol–water partition coefficient (Wildman–Crippen LogP) is 4.70. The van der Waals surface area contributed by atoms with Crippen molar-refractivity contribution in [1.29, 1.82) is 0 Å². The quantitative estimate of drug-likeness (QED) is 0.645. The molecular weight excluding hydrogens is 412 g/mol. The van der Waals surface area contributed by atoms with E-state index < -0.39 is 11.6 Å². The largest absolute Gasteiger partial charge is 0.352 e. The topological polar surface area (TPSA) is 61.4 Å². The van der Waals surface area contributed by atoms with E-state index in [9.17, 15) is 13.6 Å². The van der Waals surface area contributed by atoms with Gasteiger partial charge in [-0.25, -0.2) is 13.6 Å². The van der Waals surface area contributed by atoms with E-state index in [0.717, 1.165) is 34.8 Å². The van der Waals surface area contributed by atoms with E-state index >= 15 is 0 Å². The van der Waals surface area contributed by atoms with Crippen molar-refractivity contribution in [3.63, 3.8) is 0 Å². The smallest absolute Gasteiger partial charge is 0.321 e. The summed E-state index contributed by atoms with van der Waals surface area (Å²) in [6.07, 6.45) is 0. The molecule has 0 atom stereocenters. The Kier molecular flexibility index (Phi) is 6.03. The number of aryl methyl sites for hydroxylation is 3. The minimum absolute atomic E-state index is 0.222. The molecule has 0 bridgehead atoms. The van der Waals surface area contributed by atoms with Crippen LogP contribution in [0, 0.1) is 32.4 Å². The molecule has 1 saturated heterocycles. The van der Waals surface area contributed by atoms with Crippen LogP contribution in [0.2, 0.25) is 0 Å². The van der Waals surface area contributed by atoms with Crippen LogP contribution in [0.25, 0.3) is 11.3 Å². The molecule has 166 valence electrons. The Balaban J connectivity index is 1.37. The van der Waals surface area contributed by atoms with Gasteiger partial charge in [0, 0.05) is 43.5 Å². The number of nitrogens with one attached hydrogen (secondary N) is 1. The first-order chi connectivity index (χ1) is 15.3. The van der Waals surface area contributed by atoms with Gasteiger partial charge in [0.1, 0.15) is 0 Å². The molecule has 1 N–H and O–H groups in total. The average molecular weight is 437 g/mol. The number of benzene rings is 2. The molecule has 1 aliphatic rings. The van der Waals surface area contributed by atoms with Crippen LogP contribution in [0.5, 0.6) is 0 Å². The third-order valence-corrected chi connectivity index (χ3v) is 5.83. The fourth-order valence-corrected chi connectivity index (χ4v) is 3.79. The predicted molar refractivity (Wildman–Crippen MR) is 121 cm³/mol. The van der Waals surface area contributed by atoms with Gasteiger partial charge in [-0.1, -0.05) is 6.07 Å². The zero-order valence-electron chi connectivity index (χ0n) is 18.3. The van der Waals surface area contributed by atoms with Gasteiger partial charge in [0.15, 0.2) is 17.5 Å². The number of piperazine rings is 1. The lowest BCUT2D eigenvalue weighted by Gasteiger charge is -2.35. The Morgan fingerprint density at radius 3 is 2.22 bits per heavy atom. The van der Waals surface area contributed by atoms with Crippen molar-refractivity contribution >= 4 is 17.5 Å². The Bertz CT molecular complexity index is 1140. The first-order valence-corrected chi connectivity index (χ1v) is 10.5. The highest BCUT2D eigenvalue weighted by molar-refractivity contribution is 5.89. The number of aromatic nitrogens is 2. The first-order valence-electron chi connectivity index (χ1n) is 10.5. The molecule has 3 aromatic rings. The highest BCUT2D eigenvalue weighted by Crippen LogP contribution is 2.26. The summed E-state index contributed by atoms with van der Waals surface area (Å²) in [4.78, 5) is 16.2. The number of carbonyl (C=O) groups excluding carboxylic acids is 1. The van der Waals surface area contributed by atoms with Gasteiger partial charge >= 0.3 is 6.03 Å². The van der Waals surface area contributed by atoms with Crippen LogP contribution in [0.1, 0.15) is 16.7 Å². The van der Waals surface area contributed by atoms with Gasteiger partial charge in [0.25, 0.3) is 0 Å². The van der Waals surface area contributed by atoms with Gasteiger partial charge in [-0.05, 0) is 67.8 Å². The fraction of sp³-hybridized carbons (Fsp3) is 0.292. The average Bonchev–Trinajstić information content (AvgIpc) is 2.79. The van der Waals surface area contributed by atoms with E-state index in [0.29, 0.717) is 26.2 Å². The fourth-order valence-electron chi connectivity index (χ4n) is 3.79. The third kappa shape index (κ3) is 4.54. The molecule has 4 rings (SSSR count). The molecule has 2 aromatic carbocycles. The molecular formula is C24H25F2N5O. The summed E-state index contributed by atoms with van der Waals surface area (Å²) >= 11 is 0. The lowest BCUT2D eigenvalue weighted by atomic mass is 9.99. The number of amides is 2. The molecule has 1 fully saturated rings. The van der Waals surface area contributed by atoms with Crippen molar-refractivity contribution in [3.05, 3.63) is 70.8 Å². The lowest BCUT2D eigenvalue weighted by Crippen LogP contribution is -2.50. The molecule has 0 aliphatic carbocycles. The highest BCUT2D eigenvalue weighted by atomic mass is 19.2. The van der Waals surface area contributed by atoms with Crippen LogP contribution >= 0.6 is 0 Å². The van der Waals surface area contributed by atoms with Crippen molar-refractivity contribution in [2.24, 2.45) is 0 Å². The van der Waals surface area contributed by atoms with Crippen molar-refractivity contribution in [2.75, 3.05) is 36.4 Å². The Labute approximate surface area is 185 Å². The number of hydrogen-bond acceptors (Lipinski definition) is 4.